The van der Waals surface area contributed by atoms with Crippen LogP contribution in [0.25, 0.3) is 6.08 Å². The van der Waals surface area contributed by atoms with Crippen LogP contribution in [0.4, 0.5) is 0 Å². The topological polar surface area (TPSA) is 23.6 Å². The molecule has 0 N–H and O–H groups in total. The normalized spacial score (nSPS) is 22.0. The minimum atomic E-state index is 0.159. The number of nitrogens with zero attached hydrogens (tertiary/aromatic N) is 2. The molecule has 1 aliphatic heterocycles. The van der Waals surface area contributed by atoms with Crippen molar-refractivity contribution in [2.45, 2.75) is 38.1 Å². The van der Waals surface area contributed by atoms with E-state index in [1.165, 1.54) is 32.1 Å². The van der Waals surface area contributed by atoms with Crippen molar-refractivity contribution in [3.05, 3.63) is 28.5 Å². The fourth-order valence-corrected chi connectivity index (χ4v) is 4.02. The van der Waals surface area contributed by atoms with Gasteiger partial charge in [-0.2, -0.15) is 0 Å². The van der Waals surface area contributed by atoms with Crippen molar-refractivity contribution in [1.29, 1.82) is 0 Å². The average molecular weight is 304 g/mol. The first-order chi connectivity index (χ1) is 10.3. The van der Waals surface area contributed by atoms with Crippen molar-refractivity contribution in [3.8, 4) is 0 Å². The maximum Gasteiger partial charge on any atom is 0.246 e. The predicted octanol–water partition coefficient (Wildman–Crippen LogP) is 3.24. The van der Waals surface area contributed by atoms with E-state index in [1.807, 2.05) is 28.5 Å². The van der Waals surface area contributed by atoms with Crippen LogP contribution in [0.3, 0.4) is 0 Å². The molecule has 2 aliphatic rings. The highest BCUT2D eigenvalue weighted by Crippen LogP contribution is 2.23. The molecule has 0 radical (unpaired) electrons. The third-order valence-corrected chi connectivity index (χ3v) is 5.49. The van der Waals surface area contributed by atoms with E-state index in [0.29, 0.717) is 0 Å². The van der Waals surface area contributed by atoms with Crippen molar-refractivity contribution in [2.75, 3.05) is 26.2 Å². The van der Waals surface area contributed by atoms with Gasteiger partial charge in [0, 0.05) is 43.2 Å². The number of carbonyl (C=O) groups is 1. The molecule has 0 bridgehead atoms. The number of piperazine rings is 1. The zero-order chi connectivity index (χ0) is 14.5. The minimum Gasteiger partial charge on any atom is -0.337 e. The van der Waals surface area contributed by atoms with Crippen molar-refractivity contribution < 1.29 is 4.79 Å². The van der Waals surface area contributed by atoms with E-state index in [2.05, 4.69) is 4.90 Å². The standard InChI is InChI=1S/C17H24N2OS/c20-17(9-8-16-7-4-14-21-16)19-12-10-18(11-13-19)15-5-2-1-3-6-15/h4,7-9,14-15H,1-3,5-6,10-13H2/b9-8+. The van der Waals surface area contributed by atoms with Crippen LogP contribution in [0.1, 0.15) is 37.0 Å². The van der Waals surface area contributed by atoms with E-state index in [4.69, 9.17) is 0 Å². The van der Waals surface area contributed by atoms with E-state index in [-0.39, 0.29) is 5.91 Å². The first-order valence-corrected chi connectivity index (χ1v) is 8.95. The Balaban J connectivity index is 1.47. The third-order valence-electron chi connectivity index (χ3n) is 4.65. The van der Waals surface area contributed by atoms with Gasteiger partial charge in [-0.05, 0) is 30.4 Å². The Labute approximate surface area is 131 Å². The van der Waals surface area contributed by atoms with Gasteiger partial charge in [-0.3, -0.25) is 9.69 Å². The molecule has 1 aromatic rings. The highest BCUT2D eigenvalue weighted by atomic mass is 32.1. The second-order valence-corrected chi connectivity index (χ2v) is 6.98. The van der Waals surface area contributed by atoms with Crippen LogP contribution < -0.4 is 0 Å². The van der Waals surface area contributed by atoms with E-state index in [9.17, 15) is 4.79 Å². The summed E-state index contributed by atoms with van der Waals surface area (Å²) in [4.78, 5) is 17.9. The van der Waals surface area contributed by atoms with Crippen molar-refractivity contribution in [2.24, 2.45) is 0 Å². The molecule has 114 valence electrons. The molecule has 3 nitrogen and oxygen atoms in total. The number of hydrogen-bond donors (Lipinski definition) is 0. The highest BCUT2D eigenvalue weighted by molar-refractivity contribution is 7.10. The Morgan fingerprint density at radius 2 is 1.90 bits per heavy atom. The average Bonchev–Trinajstić information content (AvgIpc) is 3.07. The van der Waals surface area contributed by atoms with Crippen molar-refractivity contribution in [3.63, 3.8) is 0 Å². The largest absolute Gasteiger partial charge is 0.337 e. The van der Waals surface area contributed by atoms with Crippen LogP contribution in [0.5, 0.6) is 0 Å². The molecule has 0 spiro atoms. The summed E-state index contributed by atoms with van der Waals surface area (Å²) in [6.45, 7) is 3.85. The second-order valence-electron chi connectivity index (χ2n) is 6.00. The Morgan fingerprint density at radius 1 is 1.14 bits per heavy atom. The molecular formula is C17H24N2OS. The smallest absolute Gasteiger partial charge is 0.246 e. The van der Waals surface area contributed by atoms with Gasteiger partial charge in [0.2, 0.25) is 5.91 Å². The zero-order valence-electron chi connectivity index (χ0n) is 12.5. The molecule has 1 amide bonds. The summed E-state index contributed by atoms with van der Waals surface area (Å²) in [7, 11) is 0. The van der Waals surface area contributed by atoms with Crippen LogP contribution in [0.15, 0.2) is 23.6 Å². The molecule has 0 atom stereocenters. The summed E-state index contributed by atoms with van der Waals surface area (Å²) >= 11 is 1.66. The van der Waals surface area contributed by atoms with Crippen molar-refractivity contribution >= 4 is 23.3 Å². The fourth-order valence-electron chi connectivity index (χ4n) is 3.40. The Bertz CT molecular complexity index is 469. The highest BCUT2D eigenvalue weighted by Gasteiger charge is 2.26. The molecule has 0 aromatic carbocycles. The molecule has 0 unspecified atom stereocenters. The Morgan fingerprint density at radius 3 is 2.57 bits per heavy atom. The number of carbonyl (C=O) groups excluding carboxylic acids is 1. The summed E-state index contributed by atoms with van der Waals surface area (Å²) in [6, 6.07) is 4.82. The maximum absolute atomic E-state index is 12.2. The number of thiophene rings is 1. The van der Waals surface area contributed by atoms with Gasteiger partial charge < -0.3 is 4.90 Å². The Hall–Kier alpha value is -1.13. The van der Waals surface area contributed by atoms with Crippen molar-refractivity contribution in [1.82, 2.24) is 9.80 Å². The molecule has 1 saturated heterocycles. The first kappa shape index (κ1) is 14.8. The fraction of sp³-hybridized carbons (Fsp3) is 0.588. The summed E-state index contributed by atoms with van der Waals surface area (Å²) in [5, 5.41) is 2.03. The Kier molecular flexibility index (Phi) is 5.09. The monoisotopic (exact) mass is 304 g/mol. The van der Waals surface area contributed by atoms with E-state index < -0.39 is 0 Å². The van der Waals surface area contributed by atoms with E-state index in [0.717, 1.165) is 37.1 Å². The second kappa shape index (κ2) is 7.23. The number of amides is 1. The van der Waals surface area contributed by atoms with E-state index >= 15 is 0 Å². The SMILES string of the molecule is O=C(/C=C/c1cccs1)N1CCN(C2CCCCC2)CC1. The number of rotatable bonds is 3. The molecule has 1 saturated carbocycles. The van der Waals surface area contributed by atoms with Crippen LogP contribution in [-0.2, 0) is 4.79 Å². The molecular weight excluding hydrogens is 280 g/mol. The minimum absolute atomic E-state index is 0.159. The van der Waals surface area contributed by atoms with Crippen LogP contribution >= 0.6 is 11.3 Å². The molecule has 1 aliphatic carbocycles. The van der Waals surface area contributed by atoms with Gasteiger partial charge in [-0.25, -0.2) is 0 Å². The van der Waals surface area contributed by atoms with E-state index in [1.54, 1.807) is 17.4 Å². The molecule has 2 fully saturated rings. The van der Waals surface area contributed by atoms with Gasteiger partial charge >= 0.3 is 0 Å². The summed E-state index contributed by atoms with van der Waals surface area (Å²) in [5.74, 6) is 0.159. The lowest BCUT2D eigenvalue weighted by atomic mass is 9.94. The van der Waals surface area contributed by atoms with Gasteiger partial charge in [-0.1, -0.05) is 25.3 Å². The van der Waals surface area contributed by atoms with Gasteiger partial charge in [0.1, 0.15) is 0 Å². The molecule has 2 heterocycles. The predicted molar refractivity (Wildman–Crippen MR) is 88.4 cm³/mol. The maximum atomic E-state index is 12.2. The summed E-state index contributed by atoms with van der Waals surface area (Å²) in [5.41, 5.74) is 0. The lowest BCUT2D eigenvalue weighted by Crippen LogP contribution is -2.52. The summed E-state index contributed by atoms with van der Waals surface area (Å²) < 4.78 is 0. The molecule has 21 heavy (non-hydrogen) atoms. The van der Waals surface area contributed by atoms with Gasteiger partial charge in [0.15, 0.2) is 0 Å². The first-order valence-electron chi connectivity index (χ1n) is 8.07. The molecule has 1 aromatic heterocycles. The van der Waals surface area contributed by atoms with Crippen LogP contribution in [0.2, 0.25) is 0 Å². The van der Waals surface area contributed by atoms with Gasteiger partial charge in [-0.15, -0.1) is 11.3 Å². The van der Waals surface area contributed by atoms with Gasteiger partial charge in [0.05, 0.1) is 0 Å². The van der Waals surface area contributed by atoms with Crippen LogP contribution in [0, 0.1) is 0 Å². The number of hydrogen-bond acceptors (Lipinski definition) is 3. The molecule has 3 rings (SSSR count). The zero-order valence-corrected chi connectivity index (χ0v) is 13.4. The van der Waals surface area contributed by atoms with Crippen LogP contribution in [-0.4, -0.2) is 47.9 Å². The molecule has 4 heteroatoms. The summed E-state index contributed by atoms with van der Waals surface area (Å²) in [6.07, 6.45) is 10.5. The lowest BCUT2D eigenvalue weighted by molar-refractivity contribution is -0.128. The quantitative estimate of drug-likeness (QED) is 0.800. The lowest BCUT2D eigenvalue weighted by Gasteiger charge is -2.40. The third kappa shape index (κ3) is 3.95. The van der Waals surface area contributed by atoms with Gasteiger partial charge in [0.25, 0.3) is 0 Å².